The first-order valence-electron chi connectivity index (χ1n) is 23.8. The van der Waals surface area contributed by atoms with Crippen molar-refractivity contribution in [3.05, 3.63) is 276 Å². The summed E-state index contributed by atoms with van der Waals surface area (Å²) in [5.41, 5.74) is 19.3. The summed E-state index contributed by atoms with van der Waals surface area (Å²) in [4.78, 5) is 2.53. The molecule has 2 nitrogen and oxygen atoms in total. The van der Waals surface area contributed by atoms with Gasteiger partial charge in [0.1, 0.15) is 0 Å². The summed E-state index contributed by atoms with van der Waals surface area (Å²) in [6.45, 7) is 4.76. The quantitative estimate of drug-likeness (QED) is 0.151. The van der Waals surface area contributed by atoms with Crippen LogP contribution in [0.1, 0.15) is 47.2 Å². The van der Waals surface area contributed by atoms with Gasteiger partial charge in [-0.3, -0.25) is 0 Å². The molecule has 0 radical (unpaired) electrons. The van der Waals surface area contributed by atoms with E-state index < -0.39 is 5.41 Å². The molecule has 2 aliphatic carbocycles. The smallest absolute Gasteiger partial charge is 0.0713 e. The van der Waals surface area contributed by atoms with Gasteiger partial charge in [0.2, 0.25) is 0 Å². The molecule has 1 aromatic heterocycles. The first-order chi connectivity index (χ1) is 33.5. The molecule has 0 N–H and O–H groups in total. The van der Waals surface area contributed by atoms with E-state index in [2.05, 4.69) is 266 Å². The summed E-state index contributed by atoms with van der Waals surface area (Å²) in [6, 6.07) is 90.8. The molecule has 68 heavy (non-hydrogen) atoms. The lowest BCUT2D eigenvalue weighted by Gasteiger charge is -2.34. The summed E-state index contributed by atoms with van der Waals surface area (Å²) < 4.78 is 2.45. The summed E-state index contributed by atoms with van der Waals surface area (Å²) in [6.07, 6.45) is 0. The molecular weight excluding hydrogens is 821 g/mol. The van der Waals surface area contributed by atoms with Crippen molar-refractivity contribution in [2.24, 2.45) is 0 Å². The van der Waals surface area contributed by atoms with Crippen molar-refractivity contribution >= 4 is 60.4 Å². The van der Waals surface area contributed by atoms with Crippen molar-refractivity contribution in [1.29, 1.82) is 0 Å². The van der Waals surface area contributed by atoms with Gasteiger partial charge in [-0.1, -0.05) is 196 Å². The van der Waals surface area contributed by atoms with Crippen LogP contribution in [0.4, 0.5) is 17.1 Å². The molecule has 0 bridgehead atoms. The first kappa shape index (κ1) is 38.8. The highest BCUT2D eigenvalue weighted by Gasteiger charge is 2.46. The lowest BCUT2D eigenvalue weighted by molar-refractivity contribution is 0.660. The lowest BCUT2D eigenvalue weighted by atomic mass is 9.67. The molecule has 12 aromatic rings. The Bertz CT molecular complexity index is 3960. The van der Waals surface area contributed by atoms with E-state index in [1.165, 1.54) is 99.0 Å². The molecule has 0 amide bonds. The molecule has 0 unspecified atom stereocenters. The van der Waals surface area contributed by atoms with Crippen LogP contribution in [-0.2, 0) is 10.8 Å². The van der Waals surface area contributed by atoms with Crippen LogP contribution in [0, 0.1) is 0 Å². The monoisotopic (exact) mass is 866 g/mol. The molecule has 1 heterocycles. The third kappa shape index (κ3) is 5.34. The van der Waals surface area contributed by atoms with E-state index in [9.17, 15) is 0 Å². The molecule has 11 aromatic carbocycles. The van der Waals surface area contributed by atoms with Gasteiger partial charge in [0.15, 0.2) is 0 Å². The topological polar surface area (TPSA) is 8.17 Å². The molecule has 0 atom stereocenters. The van der Waals surface area contributed by atoms with E-state index in [4.69, 9.17) is 0 Å². The number of para-hydroxylation sites is 1. The Hall–Kier alpha value is -8.46. The van der Waals surface area contributed by atoms with Gasteiger partial charge in [0.25, 0.3) is 0 Å². The summed E-state index contributed by atoms with van der Waals surface area (Å²) in [7, 11) is 0. The maximum Gasteiger partial charge on any atom is 0.0713 e. The summed E-state index contributed by atoms with van der Waals surface area (Å²) >= 11 is 0. The van der Waals surface area contributed by atoms with Gasteiger partial charge < -0.3 is 9.47 Å². The molecule has 0 saturated heterocycles. The van der Waals surface area contributed by atoms with Crippen molar-refractivity contribution < 1.29 is 0 Å². The van der Waals surface area contributed by atoms with E-state index in [0.717, 1.165) is 22.7 Å². The van der Waals surface area contributed by atoms with E-state index in [0.29, 0.717) is 0 Å². The second-order valence-corrected chi connectivity index (χ2v) is 19.2. The first-order valence-corrected chi connectivity index (χ1v) is 23.8. The van der Waals surface area contributed by atoms with Crippen molar-refractivity contribution in [2.45, 2.75) is 24.7 Å². The molecule has 0 saturated carbocycles. The number of aromatic nitrogens is 1. The molecule has 320 valence electrons. The molecule has 2 aliphatic rings. The van der Waals surface area contributed by atoms with E-state index >= 15 is 0 Å². The van der Waals surface area contributed by atoms with Gasteiger partial charge in [-0.15, -0.1) is 0 Å². The van der Waals surface area contributed by atoms with Crippen LogP contribution < -0.4 is 4.90 Å². The average Bonchev–Trinajstić information content (AvgIpc) is 3.97. The zero-order chi connectivity index (χ0) is 45.1. The van der Waals surface area contributed by atoms with Crippen molar-refractivity contribution in [2.75, 3.05) is 4.90 Å². The number of nitrogens with zero attached hydrogens (tertiary/aromatic N) is 2. The van der Waals surface area contributed by atoms with E-state index in [-0.39, 0.29) is 5.41 Å². The van der Waals surface area contributed by atoms with Crippen molar-refractivity contribution in [1.82, 2.24) is 4.57 Å². The van der Waals surface area contributed by atoms with Gasteiger partial charge >= 0.3 is 0 Å². The van der Waals surface area contributed by atoms with Gasteiger partial charge in [0.05, 0.1) is 22.1 Å². The minimum absolute atomic E-state index is 0.158. The fourth-order valence-electron chi connectivity index (χ4n) is 12.4. The van der Waals surface area contributed by atoms with Gasteiger partial charge in [-0.2, -0.15) is 0 Å². The third-order valence-electron chi connectivity index (χ3n) is 15.4. The number of benzene rings is 11. The zero-order valence-corrected chi connectivity index (χ0v) is 38.0. The van der Waals surface area contributed by atoms with Crippen molar-refractivity contribution in [3.8, 4) is 27.9 Å². The Kier molecular flexibility index (Phi) is 8.28. The fraction of sp³-hybridized carbons (Fsp3) is 0.0606. The molecule has 0 aliphatic heterocycles. The maximum absolute atomic E-state index is 2.53. The molecule has 14 rings (SSSR count). The minimum Gasteiger partial charge on any atom is -0.310 e. The third-order valence-corrected chi connectivity index (χ3v) is 15.4. The highest BCUT2D eigenvalue weighted by molar-refractivity contribution is 6.16. The summed E-state index contributed by atoms with van der Waals surface area (Å²) in [5, 5.41) is 7.36. The molecular formula is C66H46N2. The minimum atomic E-state index is -0.522. The highest BCUT2D eigenvalue weighted by Crippen LogP contribution is 2.57. The van der Waals surface area contributed by atoms with Gasteiger partial charge in [0, 0.05) is 38.6 Å². The van der Waals surface area contributed by atoms with Crippen LogP contribution in [-0.4, -0.2) is 4.57 Å². The SMILES string of the molecule is CC1(C)c2ccccc2-c2ccc(N(c3ccc4c(c3)c3cc(C5(c6ccccc6)c6ccccc6-c6ccccc65)ccc3n4-c3ccccc3)c3cc4ccccc4c4ccccc34)cc21. The van der Waals surface area contributed by atoms with E-state index in [1.54, 1.807) is 0 Å². The Morgan fingerprint density at radius 2 is 0.853 bits per heavy atom. The standard InChI is InChI=1S/C66H46N2/c1-65(2)58-30-16-13-26-51(58)54-36-34-48(42-61(54)65)67(64-39-43-19-9-10-24-49(43)50-25-11-12-29-55(50)64)47-35-38-63-57(41-47)56-40-45(33-37-62(56)68(63)46-22-7-4-8-23-46)66(44-20-5-3-6-21-44)59-31-17-14-27-52(59)53-28-15-18-32-60(53)66/h3-42H,1-2H3. The Morgan fingerprint density at radius 3 is 1.57 bits per heavy atom. The predicted octanol–water partition coefficient (Wildman–Crippen LogP) is 17.2. The zero-order valence-electron chi connectivity index (χ0n) is 38.0. The van der Waals surface area contributed by atoms with Crippen LogP contribution in [0.2, 0.25) is 0 Å². The maximum atomic E-state index is 2.53. The van der Waals surface area contributed by atoms with E-state index in [1.807, 2.05) is 0 Å². The number of anilines is 3. The second kappa shape index (κ2) is 14.5. The Morgan fingerprint density at radius 1 is 0.338 bits per heavy atom. The van der Waals surface area contributed by atoms with Crippen LogP contribution in [0.3, 0.4) is 0 Å². The molecule has 2 heteroatoms. The highest BCUT2D eigenvalue weighted by atomic mass is 15.1. The molecule has 0 fully saturated rings. The predicted molar refractivity (Wildman–Crippen MR) is 285 cm³/mol. The number of rotatable bonds is 6. The van der Waals surface area contributed by atoms with Crippen LogP contribution in [0.15, 0.2) is 243 Å². The Labute approximate surface area is 396 Å². The number of hydrogen-bond donors (Lipinski definition) is 0. The van der Waals surface area contributed by atoms with Crippen molar-refractivity contribution in [3.63, 3.8) is 0 Å². The number of fused-ring (bicyclic) bond motifs is 12. The summed E-state index contributed by atoms with van der Waals surface area (Å²) in [5.74, 6) is 0. The Balaban J connectivity index is 1.07. The normalized spacial score (nSPS) is 14.0. The van der Waals surface area contributed by atoms with Gasteiger partial charge in [-0.05, 0) is 132 Å². The van der Waals surface area contributed by atoms with Crippen LogP contribution in [0.5, 0.6) is 0 Å². The molecule has 0 spiro atoms. The van der Waals surface area contributed by atoms with Gasteiger partial charge in [-0.25, -0.2) is 0 Å². The van der Waals surface area contributed by atoms with Crippen LogP contribution in [0.25, 0.3) is 71.3 Å². The largest absolute Gasteiger partial charge is 0.310 e. The lowest BCUT2D eigenvalue weighted by Crippen LogP contribution is -2.28. The van der Waals surface area contributed by atoms with Crippen LogP contribution >= 0.6 is 0 Å². The second-order valence-electron chi connectivity index (χ2n) is 19.2. The number of hydrogen-bond acceptors (Lipinski definition) is 1. The average molecular weight is 867 g/mol. The fourth-order valence-corrected chi connectivity index (χ4v) is 12.4.